The fourth-order valence-corrected chi connectivity index (χ4v) is 4.34. The van der Waals surface area contributed by atoms with E-state index in [1.54, 1.807) is 11.8 Å². The molecular formula is C23H24N4S. The number of aryl methyl sites for hydroxylation is 4. The quantitative estimate of drug-likeness (QED) is 0.439. The molecule has 142 valence electrons. The fraction of sp³-hybridized carbons (Fsp3) is 0.261. The number of hydrogen-bond acceptors (Lipinski definition) is 4. The molecule has 0 aliphatic carbocycles. The molecule has 0 fully saturated rings. The Kier molecular flexibility index (Phi) is 5.18. The third-order valence-electron chi connectivity index (χ3n) is 5.11. The van der Waals surface area contributed by atoms with E-state index in [-0.39, 0.29) is 0 Å². The lowest BCUT2D eigenvalue weighted by molar-refractivity contribution is 0.823. The lowest BCUT2D eigenvalue weighted by Crippen LogP contribution is -2.06. The minimum atomic E-state index is 0.676. The van der Waals surface area contributed by atoms with Crippen LogP contribution in [0.2, 0.25) is 0 Å². The summed E-state index contributed by atoms with van der Waals surface area (Å²) in [6.45, 7) is 8.43. The summed E-state index contributed by atoms with van der Waals surface area (Å²) in [4.78, 5) is 9.37. The number of thioether (sulfide) groups is 1. The lowest BCUT2D eigenvalue weighted by atomic mass is 10.0. The van der Waals surface area contributed by atoms with Crippen molar-refractivity contribution in [3.05, 3.63) is 87.7 Å². The molecule has 0 aliphatic heterocycles. The first-order valence-corrected chi connectivity index (χ1v) is 10.5. The maximum Gasteiger partial charge on any atom is 0.253 e. The molecule has 0 N–H and O–H groups in total. The Labute approximate surface area is 170 Å². The fourth-order valence-electron chi connectivity index (χ4n) is 3.45. The van der Waals surface area contributed by atoms with Crippen LogP contribution in [-0.4, -0.2) is 19.6 Å². The lowest BCUT2D eigenvalue weighted by Gasteiger charge is -2.10. The molecule has 0 spiro atoms. The van der Waals surface area contributed by atoms with Gasteiger partial charge in [0.2, 0.25) is 5.16 Å². The molecule has 0 aliphatic rings. The van der Waals surface area contributed by atoms with E-state index in [0.29, 0.717) is 5.78 Å². The van der Waals surface area contributed by atoms with E-state index >= 15 is 0 Å². The molecule has 4 aromatic rings. The van der Waals surface area contributed by atoms with Crippen LogP contribution in [0, 0.1) is 27.7 Å². The zero-order valence-corrected chi connectivity index (χ0v) is 17.5. The monoisotopic (exact) mass is 388 g/mol. The van der Waals surface area contributed by atoms with Crippen LogP contribution in [0.15, 0.2) is 53.7 Å². The second-order valence-electron chi connectivity index (χ2n) is 7.25. The van der Waals surface area contributed by atoms with Crippen molar-refractivity contribution in [3.63, 3.8) is 0 Å². The third kappa shape index (κ3) is 3.80. The molecule has 4 nitrogen and oxygen atoms in total. The molecule has 0 atom stereocenters. The second kappa shape index (κ2) is 7.76. The van der Waals surface area contributed by atoms with Crippen molar-refractivity contribution in [1.82, 2.24) is 19.6 Å². The molecule has 0 radical (unpaired) electrons. The Morgan fingerprint density at radius 2 is 1.75 bits per heavy atom. The van der Waals surface area contributed by atoms with E-state index in [0.717, 1.165) is 28.7 Å². The molecule has 2 aromatic heterocycles. The summed E-state index contributed by atoms with van der Waals surface area (Å²) in [7, 11) is 0. The van der Waals surface area contributed by atoms with Gasteiger partial charge in [0, 0.05) is 23.6 Å². The van der Waals surface area contributed by atoms with E-state index in [4.69, 9.17) is 10.1 Å². The molecule has 0 bridgehead atoms. The Bertz CT molecular complexity index is 1150. The topological polar surface area (TPSA) is 43.1 Å². The summed E-state index contributed by atoms with van der Waals surface area (Å²) in [5.74, 6) is 1.54. The van der Waals surface area contributed by atoms with Crippen molar-refractivity contribution in [2.45, 2.75) is 45.0 Å². The van der Waals surface area contributed by atoms with Crippen molar-refractivity contribution < 1.29 is 0 Å². The molecular weight excluding hydrogens is 364 g/mol. The SMILES string of the molecule is Cc1cccc(Cc2c(C)nc3nc(SCc4ccccc4C)nn3c2C)c1. The first-order chi connectivity index (χ1) is 13.5. The van der Waals surface area contributed by atoms with Crippen LogP contribution in [0.1, 0.15) is 39.2 Å². The average Bonchev–Trinajstić information content (AvgIpc) is 3.07. The minimum Gasteiger partial charge on any atom is -0.216 e. The summed E-state index contributed by atoms with van der Waals surface area (Å²) in [6, 6.07) is 17.1. The maximum absolute atomic E-state index is 4.72. The van der Waals surface area contributed by atoms with Gasteiger partial charge in [-0.15, -0.1) is 5.10 Å². The first-order valence-electron chi connectivity index (χ1n) is 9.47. The molecule has 0 saturated carbocycles. The molecule has 2 heterocycles. The highest BCUT2D eigenvalue weighted by molar-refractivity contribution is 7.98. The molecule has 2 aromatic carbocycles. The van der Waals surface area contributed by atoms with E-state index in [9.17, 15) is 0 Å². The summed E-state index contributed by atoms with van der Waals surface area (Å²) < 4.78 is 1.89. The third-order valence-corrected chi connectivity index (χ3v) is 6.00. The summed E-state index contributed by atoms with van der Waals surface area (Å²) in [5.41, 5.74) is 8.53. The molecule has 28 heavy (non-hydrogen) atoms. The molecule has 0 amide bonds. The van der Waals surface area contributed by atoms with Gasteiger partial charge in [0.25, 0.3) is 5.78 Å². The Morgan fingerprint density at radius 1 is 0.929 bits per heavy atom. The number of aromatic nitrogens is 4. The Morgan fingerprint density at radius 3 is 2.54 bits per heavy atom. The van der Waals surface area contributed by atoms with Crippen LogP contribution < -0.4 is 0 Å². The Hall–Kier alpha value is -2.66. The molecule has 5 heteroatoms. The van der Waals surface area contributed by atoms with Crippen LogP contribution >= 0.6 is 11.8 Å². The predicted molar refractivity (Wildman–Crippen MR) is 115 cm³/mol. The van der Waals surface area contributed by atoms with Gasteiger partial charge in [0.05, 0.1) is 0 Å². The largest absolute Gasteiger partial charge is 0.253 e. The van der Waals surface area contributed by atoms with Gasteiger partial charge in [-0.25, -0.2) is 9.50 Å². The number of nitrogens with zero attached hydrogens (tertiary/aromatic N) is 4. The van der Waals surface area contributed by atoms with Crippen molar-refractivity contribution in [1.29, 1.82) is 0 Å². The zero-order chi connectivity index (χ0) is 19.7. The highest BCUT2D eigenvalue weighted by Crippen LogP contribution is 2.24. The van der Waals surface area contributed by atoms with Crippen molar-refractivity contribution in [3.8, 4) is 0 Å². The van der Waals surface area contributed by atoms with Crippen LogP contribution in [0.25, 0.3) is 5.78 Å². The zero-order valence-electron chi connectivity index (χ0n) is 16.7. The van der Waals surface area contributed by atoms with Crippen LogP contribution in [-0.2, 0) is 12.2 Å². The van der Waals surface area contributed by atoms with Gasteiger partial charge >= 0.3 is 0 Å². The molecule has 4 rings (SSSR count). The van der Waals surface area contributed by atoms with E-state index in [1.165, 1.54) is 27.8 Å². The van der Waals surface area contributed by atoms with Gasteiger partial charge in [0.15, 0.2) is 0 Å². The standard InChI is InChI=1S/C23H24N4S/c1-15-8-7-10-19(12-15)13-21-17(3)24-22-25-23(26-27(22)18(21)4)28-14-20-11-6-5-9-16(20)2/h5-12H,13-14H2,1-4H3. The van der Waals surface area contributed by atoms with Gasteiger partial charge in [-0.05, 0) is 49.9 Å². The number of benzene rings is 2. The van der Waals surface area contributed by atoms with Crippen molar-refractivity contribution >= 4 is 17.5 Å². The van der Waals surface area contributed by atoms with Gasteiger partial charge in [-0.3, -0.25) is 0 Å². The van der Waals surface area contributed by atoms with E-state index in [1.807, 2.05) is 4.52 Å². The van der Waals surface area contributed by atoms with Gasteiger partial charge in [-0.1, -0.05) is 65.9 Å². The van der Waals surface area contributed by atoms with Crippen molar-refractivity contribution in [2.24, 2.45) is 0 Å². The first kappa shape index (κ1) is 18.7. The normalized spacial score (nSPS) is 11.3. The van der Waals surface area contributed by atoms with Gasteiger partial charge < -0.3 is 0 Å². The summed E-state index contributed by atoms with van der Waals surface area (Å²) >= 11 is 1.66. The second-order valence-corrected chi connectivity index (χ2v) is 8.19. The van der Waals surface area contributed by atoms with E-state index < -0.39 is 0 Å². The number of rotatable bonds is 5. The maximum atomic E-state index is 4.72. The van der Waals surface area contributed by atoms with Gasteiger partial charge in [-0.2, -0.15) is 4.98 Å². The van der Waals surface area contributed by atoms with Crippen LogP contribution in [0.3, 0.4) is 0 Å². The highest BCUT2D eigenvalue weighted by atomic mass is 32.2. The van der Waals surface area contributed by atoms with Gasteiger partial charge in [0.1, 0.15) is 0 Å². The van der Waals surface area contributed by atoms with Crippen molar-refractivity contribution in [2.75, 3.05) is 0 Å². The highest BCUT2D eigenvalue weighted by Gasteiger charge is 2.14. The summed E-state index contributed by atoms with van der Waals surface area (Å²) in [5, 5.41) is 5.49. The number of hydrogen-bond donors (Lipinski definition) is 0. The average molecular weight is 389 g/mol. The molecule has 0 unspecified atom stereocenters. The predicted octanol–water partition coefficient (Wildman–Crippen LogP) is 5.24. The minimum absolute atomic E-state index is 0.676. The smallest absolute Gasteiger partial charge is 0.216 e. The van der Waals surface area contributed by atoms with E-state index in [2.05, 4.69) is 81.2 Å². The summed E-state index contributed by atoms with van der Waals surface area (Å²) in [6.07, 6.45) is 0.855. The molecule has 0 saturated heterocycles. The number of fused-ring (bicyclic) bond motifs is 1. The Balaban J connectivity index is 1.62. The van der Waals surface area contributed by atoms with Crippen LogP contribution in [0.4, 0.5) is 0 Å². The van der Waals surface area contributed by atoms with Crippen LogP contribution in [0.5, 0.6) is 0 Å².